The Bertz CT molecular complexity index is 249. The quantitative estimate of drug-likeness (QED) is 0.500. The molecule has 1 heterocycles. The minimum atomic E-state index is -0.949. The predicted molar refractivity (Wildman–Crippen MR) is 49.8 cm³/mol. The van der Waals surface area contributed by atoms with E-state index in [1.807, 2.05) is 6.92 Å². The van der Waals surface area contributed by atoms with Crippen LogP contribution >= 0.6 is 0 Å². The molecule has 4 heteroatoms. The summed E-state index contributed by atoms with van der Waals surface area (Å²) in [7, 11) is 1.57. The van der Waals surface area contributed by atoms with E-state index in [-0.39, 0.29) is 11.9 Å². The third-order valence-electron chi connectivity index (χ3n) is 2.86. The van der Waals surface area contributed by atoms with E-state index in [2.05, 4.69) is 0 Å². The van der Waals surface area contributed by atoms with Gasteiger partial charge in [-0.1, -0.05) is 0 Å². The first-order valence-electron chi connectivity index (χ1n) is 4.74. The second kappa shape index (κ2) is 4.09. The van der Waals surface area contributed by atoms with Gasteiger partial charge in [-0.3, -0.25) is 9.59 Å². The van der Waals surface area contributed by atoms with E-state index < -0.39 is 11.4 Å². The molecule has 0 aromatic carbocycles. The highest BCUT2D eigenvalue weighted by atomic mass is 16.5. The SMILES string of the molecule is COC(C)CC1(C(C)=O)CCOC1=O. The van der Waals surface area contributed by atoms with Crippen molar-refractivity contribution in [3.63, 3.8) is 0 Å². The van der Waals surface area contributed by atoms with Crippen LogP contribution in [0, 0.1) is 5.41 Å². The number of Topliss-reactive ketones (excluding diaryl/α,β-unsaturated/α-hetero) is 1. The third kappa shape index (κ3) is 1.80. The van der Waals surface area contributed by atoms with Gasteiger partial charge in [0.1, 0.15) is 11.2 Å². The number of methoxy groups -OCH3 is 1. The molecule has 2 atom stereocenters. The van der Waals surface area contributed by atoms with Gasteiger partial charge in [-0.25, -0.2) is 0 Å². The molecule has 1 saturated heterocycles. The van der Waals surface area contributed by atoms with Gasteiger partial charge >= 0.3 is 5.97 Å². The molecule has 1 rings (SSSR count). The van der Waals surface area contributed by atoms with Crippen molar-refractivity contribution in [2.45, 2.75) is 32.8 Å². The van der Waals surface area contributed by atoms with Gasteiger partial charge < -0.3 is 9.47 Å². The van der Waals surface area contributed by atoms with E-state index in [0.29, 0.717) is 19.4 Å². The summed E-state index contributed by atoms with van der Waals surface area (Å²) in [5, 5.41) is 0. The number of ether oxygens (including phenoxy) is 2. The first-order valence-corrected chi connectivity index (χ1v) is 4.74. The summed E-state index contributed by atoms with van der Waals surface area (Å²) in [6.45, 7) is 3.63. The molecule has 0 amide bonds. The Morgan fingerprint density at radius 3 is 2.71 bits per heavy atom. The van der Waals surface area contributed by atoms with Crippen molar-refractivity contribution in [2.24, 2.45) is 5.41 Å². The molecule has 80 valence electrons. The molecule has 0 bridgehead atoms. The first-order chi connectivity index (χ1) is 6.53. The Morgan fingerprint density at radius 2 is 2.36 bits per heavy atom. The van der Waals surface area contributed by atoms with Crippen LogP contribution < -0.4 is 0 Å². The molecule has 1 aliphatic heterocycles. The Kier molecular flexibility index (Phi) is 3.26. The van der Waals surface area contributed by atoms with Crippen LogP contribution in [0.25, 0.3) is 0 Å². The molecule has 4 nitrogen and oxygen atoms in total. The first kappa shape index (κ1) is 11.2. The number of carbonyl (C=O) groups is 2. The Hall–Kier alpha value is -0.900. The number of cyclic esters (lactones) is 1. The molecule has 0 spiro atoms. The van der Waals surface area contributed by atoms with Crippen molar-refractivity contribution in [2.75, 3.05) is 13.7 Å². The van der Waals surface area contributed by atoms with Gasteiger partial charge in [0.15, 0.2) is 0 Å². The summed E-state index contributed by atoms with van der Waals surface area (Å²) in [6.07, 6.45) is 0.788. The summed E-state index contributed by atoms with van der Waals surface area (Å²) in [6, 6.07) is 0. The zero-order chi connectivity index (χ0) is 10.8. The van der Waals surface area contributed by atoms with Crippen molar-refractivity contribution >= 4 is 11.8 Å². The topological polar surface area (TPSA) is 52.6 Å². The highest BCUT2D eigenvalue weighted by Gasteiger charge is 2.49. The minimum absolute atomic E-state index is 0.107. The summed E-state index contributed by atoms with van der Waals surface area (Å²) >= 11 is 0. The Balaban J connectivity index is 2.82. The second-order valence-corrected chi connectivity index (χ2v) is 3.77. The summed E-state index contributed by atoms with van der Waals surface area (Å²) in [5.74, 6) is -0.516. The lowest BCUT2D eigenvalue weighted by atomic mass is 9.78. The molecule has 1 aliphatic rings. The lowest BCUT2D eigenvalue weighted by Crippen LogP contribution is -2.37. The van der Waals surface area contributed by atoms with Gasteiger partial charge in [-0.05, 0) is 20.3 Å². The fraction of sp³-hybridized carbons (Fsp3) is 0.800. The fourth-order valence-electron chi connectivity index (χ4n) is 1.78. The lowest BCUT2D eigenvalue weighted by Gasteiger charge is -2.24. The Morgan fingerprint density at radius 1 is 1.71 bits per heavy atom. The zero-order valence-corrected chi connectivity index (χ0v) is 8.83. The maximum absolute atomic E-state index is 11.5. The number of ketones is 1. The van der Waals surface area contributed by atoms with Crippen LogP contribution in [-0.2, 0) is 19.1 Å². The molecule has 14 heavy (non-hydrogen) atoms. The number of esters is 1. The molecule has 0 aromatic rings. The standard InChI is InChI=1S/C10H16O4/c1-7(13-3)6-10(8(2)11)4-5-14-9(10)12/h7H,4-6H2,1-3H3. The van der Waals surface area contributed by atoms with Crippen molar-refractivity contribution in [3.05, 3.63) is 0 Å². The number of hydrogen-bond acceptors (Lipinski definition) is 4. The van der Waals surface area contributed by atoms with Crippen molar-refractivity contribution < 1.29 is 19.1 Å². The average Bonchev–Trinajstić information content (AvgIpc) is 2.49. The van der Waals surface area contributed by atoms with Gasteiger partial charge in [0.05, 0.1) is 12.7 Å². The maximum Gasteiger partial charge on any atom is 0.319 e. The number of carbonyl (C=O) groups excluding carboxylic acids is 2. The number of rotatable bonds is 4. The predicted octanol–water partition coefficient (Wildman–Crippen LogP) is 0.934. The smallest absolute Gasteiger partial charge is 0.319 e. The van der Waals surface area contributed by atoms with E-state index in [4.69, 9.17) is 9.47 Å². The minimum Gasteiger partial charge on any atom is -0.465 e. The van der Waals surface area contributed by atoms with E-state index in [1.165, 1.54) is 6.92 Å². The Labute approximate surface area is 83.6 Å². The van der Waals surface area contributed by atoms with Crippen molar-refractivity contribution in [1.82, 2.24) is 0 Å². The highest BCUT2D eigenvalue weighted by molar-refractivity contribution is 6.03. The number of hydrogen-bond donors (Lipinski definition) is 0. The van der Waals surface area contributed by atoms with Gasteiger partial charge in [0, 0.05) is 13.5 Å². The van der Waals surface area contributed by atoms with Crippen molar-refractivity contribution in [3.8, 4) is 0 Å². The average molecular weight is 200 g/mol. The van der Waals surface area contributed by atoms with Gasteiger partial charge in [-0.15, -0.1) is 0 Å². The second-order valence-electron chi connectivity index (χ2n) is 3.77. The largest absolute Gasteiger partial charge is 0.465 e. The molecular weight excluding hydrogens is 184 g/mol. The molecular formula is C10H16O4. The summed E-state index contributed by atoms with van der Waals surface area (Å²) < 4.78 is 9.94. The van der Waals surface area contributed by atoms with Crippen LogP contribution in [0.1, 0.15) is 26.7 Å². The van der Waals surface area contributed by atoms with E-state index in [0.717, 1.165) is 0 Å². The molecule has 0 aliphatic carbocycles. The third-order valence-corrected chi connectivity index (χ3v) is 2.86. The molecule has 0 saturated carbocycles. The van der Waals surface area contributed by atoms with Crippen LogP contribution in [0.5, 0.6) is 0 Å². The summed E-state index contributed by atoms with van der Waals surface area (Å²) in [5.41, 5.74) is -0.949. The van der Waals surface area contributed by atoms with Crippen LogP contribution in [0.15, 0.2) is 0 Å². The molecule has 0 radical (unpaired) electrons. The van der Waals surface area contributed by atoms with Gasteiger partial charge in [-0.2, -0.15) is 0 Å². The van der Waals surface area contributed by atoms with E-state index in [9.17, 15) is 9.59 Å². The molecule has 0 aromatic heterocycles. The molecule has 1 fully saturated rings. The van der Waals surface area contributed by atoms with Crippen LogP contribution in [0.3, 0.4) is 0 Å². The van der Waals surface area contributed by atoms with Crippen LogP contribution in [0.4, 0.5) is 0 Å². The van der Waals surface area contributed by atoms with E-state index in [1.54, 1.807) is 7.11 Å². The molecule has 2 unspecified atom stereocenters. The van der Waals surface area contributed by atoms with Gasteiger partial charge in [0.2, 0.25) is 0 Å². The lowest BCUT2D eigenvalue weighted by molar-refractivity contribution is -0.152. The van der Waals surface area contributed by atoms with Gasteiger partial charge in [0.25, 0.3) is 0 Å². The monoisotopic (exact) mass is 200 g/mol. The van der Waals surface area contributed by atoms with E-state index >= 15 is 0 Å². The molecule has 0 N–H and O–H groups in total. The van der Waals surface area contributed by atoms with Crippen LogP contribution in [-0.4, -0.2) is 31.6 Å². The summed E-state index contributed by atoms with van der Waals surface area (Å²) in [4.78, 5) is 23.0. The highest BCUT2D eigenvalue weighted by Crippen LogP contribution is 2.36. The maximum atomic E-state index is 11.5. The van der Waals surface area contributed by atoms with Crippen LogP contribution in [0.2, 0.25) is 0 Å². The normalized spacial score (nSPS) is 28.6. The fourth-order valence-corrected chi connectivity index (χ4v) is 1.78. The van der Waals surface area contributed by atoms with Crippen molar-refractivity contribution in [1.29, 1.82) is 0 Å². The zero-order valence-electron chi connectivity index (χ0n) is 8.83.